The van der Waals surface area contributed by atoms with E-state index >= 15 is 0 Å². The van der Waals surface area contributed by atoms with Crippen LogP contribution in [-0.2, 0) is 28.3 Å². The molecule has 1 aromatic heterocycles. The van der Waals surface area contributed by atoms with E-state index in [1.54, 1.807) is 42.1 Å². The first-order valence-corrected chi connectivity index (χ1v) is 9.98. The van der Waals surface area contributed by atoms with Crippen molar-refractivity contribution in [3.05, 3.63) is 66.1 Å². The van der Waals surface area contributed by atoms with Crippen LogP contribution in [0, 0.1) is 5.82 Å². The third kappa shape index (κ3) is 4.62. The van der Waals surface area contributed by atoms with Crippen molar-refractivity contribution in [3.8, 4) is 11.3 Å². The first-order chi connectivity index (χ1) is 13.2. The Morgan fingerprint density at radius 2 is 1.79 bits per heavy atom. The van der Waals surface area contributed by atoms with Crippen molar-refractivity contribution in [2.45, 2.75) is 17.7 Å². The number of anilines is 1. The van der Waals surface area contributed by atoms with Crippen LogP contribution in [-0.4, -0.2) is 23.9 Å². The number of carbonyl (C=O) groups is 1. The largest absolute Gasteiger partial charge is 0.313 e. The van der Waals surface area contributed by atoms with Crippen LogP contribution in [0.5, 0.6) is 0 Å². The Labute approximate surface area is 162 Å². The standard InChI is InChI=1S/C19H19FN4O3S/c1-24-17(14-5-7-15(20)8-6-14)12-22-19(24)23-18(25)11-4-13-2-9-16(10-3-13)28(21,26)27/h2-3,5-10,12H,4,11H2,1H3,(H2,21,26,27)(H,22,23,25). The minimum atomic E-state index is -3.73. The van der Waals surface area contributed by atoms with Crippen LogP contribution in [0.25, 0.3) is 11.3 Å². The molecule has 2 aromatic carbocycles. The third-order valence-electron chi connectivity index (χ3n) is 4.27. The number of carbonyl (C=O) groups excluding carboxylic acids is 1. The summed E-state index contributed by atoms with van der Waals surface area (Å²) in [4.78, 5) is 16.5. The molecule has 0 saturated carbocycles. The van der Waals surface area contributed by atoms with Crippen molar-refractivity contribution in [2.24, 2.45) is 12.2 Å². The highest BCUT2D eigenvalue weighted by atomic mass is 32.2. The second-order valence-corrected chi connectivity index (χ2v) is 7.83. The molecule has 0 spiro atoms. The van der Waals surface area contributed by atoms with Crippen molar-refractivity contribution in [1.29, 1.82) is 0 Å². The molecule has 3 aromatic rings. The predicted octanol–water partition coefficient (Wildman–Crippen LogP) is 2.44. The lowest BCUT2D eigenvalue weighted by Crippen LogP contribution is -2.15. The Bertz CT molecular complexity index is 1090. The molecule has 0 radical (unpaired) electrons. The molecule has 0 saturated heterocycles. The van der Waals surface area contributed by atoms with Crippen LogP contribution in [0.1, 0.15) is 12.0 Å². The number of aryl methyl sites for hydroxylation is 1. The molecule has 0 unspecified atom stereocenters. The first kappa shape index (κ1) is 19.7. The predicted molar refractivity (Wildman–Crippen MR) is 103 cm³/mol. The highest BCUT2D eigenvalue weighted by Crippen LogP contribution is 2.22. The summed E-state index contributed by atoms with van der Waals surface area (Å²) in [6.07, 6.45) is 2.24. The van der Waals surface area contributed by atoms with E-state index in [0.29, 0.717) is 12.4 Å². The molecule has 3 N–H and O–H groups in total. The maximum absolute atomic E-state index is 13.1. The number of hydrogen-bond acceptors (Lipinski definition) is 4. The van der Waals surface area contributed by atoms with Crippen LogP contribution in [0.3, 0.4) is 0 Å². The minimum absolute atomic E-state index is 0.0297. The average molecular weight is 402 g/mol. The summed E-state index contributed by atoms with van der Waals surface area (Å²) in [5.74, 6) is -0.166. The van der Waals surface area contributed by atoms with Crippen molar-refractivity contribution in [1.82, 2.24) is 9.55 Å². The molecule has 146 valence electrons. The van der Waals surface area contributed by atoms with Crippen molar-refractivity contribution in [2.75, 3.05) is 5.32 Å². The quantitative estimate of drug-likeness (QED) is 0.660. The molecular formula is C19H19FN4O3S. The number of aromatic nitrogens is 2. The number of hydrogen-bond donors (Lipinski definition) is 2. The number of benzene rings is 2. The monoisotopic (exact) mass is 402 g/mol. The molecule has 1 amide bonds. The summed E-state index contributed by atoms with van der Waals surface area (Å²) in [7, 11) is -1.97. The van der Waals surface area contributed by atoms with Gasteiger partial charge in [-0.1, -0.05) is 12.1 Å². The zero-order valence-corrected chi connectivity index (χ0v) is 15.9. The summed E-state index contributed by atoms with van der Waals surface area (Å²) in [5.41, 5.74) is 2.34. The van der Waals surface area contributed by atoms with E-state index in [2.05, 4.69) is 10.3 Å². The summed E-state index contributed by atoms with van der Waals surface area (Å²) in [5, 5.41) is 7.80. The number of halogens is 1. The van der Waals surface area contributed by atoms with Gasteiger partial charge < -0.3 is 4.57 Å². The van der Waals surface area contributed by atoms with Gasteiger partial charge in [0.05, 0.1) is 16.8 Å². The first-order valence-electron chi connectivity index (χ1n) is 8.43. The van der Waals surface area contributed by atoms with E-state index < -0.39 is 10.0 Å². The summed E-state index contributed by atoms with van der Waals surface area (Å²) in [6.45, 7) is 0. The molecule has 0 aliphatic carbocycles. The van der Waals surface area contributed by atoms with Gasteiger partial charge in [-0.2, -0.15) is 0 Å². The van der Waals surface area contributed by atoms with Gasteiger partial charge in [0.25, 0.3) is 0 Å². The van der Waals surface area contributed by atoms with Gasteiger partial charge in [0.2, 0.25) is 21.9 Å². The van der Waals surface area contributed by atoms with Crippen LogP contribution < -0.4 is 10.5 Å². The Balaban J connectivity index is 1.62. The van der Waals surface area contributed by atoms with Crippen molar-refractivity contribution < 1.29 is 17.6 Å². The SMILES string of the molecule is Cn1c(-c2ccc(F)cc2)cnc1NC(=O)CCc1ccc(S(N)(=O)=O)cc1. The molecule has 3 rings (SSSR count). The topological polar surface area (TPSA) is 107 Å². The molecule has 0 aliphatic rings. The second kappa shape index (κ2) is 7.91. The number of imidazole rings is 1. The zero-order chi connectivity index (χ0) is 20.3. The minimum Gasteiger partial charge on any atom is -0.313 e. The Morgan fingerprint density at radius 3 is 2.39 bits per heavy atom. The lowest BCUT2D eigenvalue weighted by Gasteiger charge is -2.08. The van der Waals surface area contributed by atoms with Crippen LogP contribution in [0.2, 0.25) is 0 Å². The number of rotatable bonds is 6. The van der Waals surface area contributed by atoms with E-state index in [1.807, 2.05) is 0 Å². The molecule has 28 heavy (non-hydrogen) atoms. The van der Waals surface area contributed by atoms with E-state index in [-0.39, 0.29) is 23.0 Å². The van der Waals surface area contributed by atoms with Crippen LogP contribution in [0.15, 0.2) is 59.6 Å². The summed E-state index contributed by atoms with van der Waals surface area (Å²) < 4.78 is 37.3. The van der Waals surface area contributed by atoms with Gasteiger partial charge in [-0.05, 0) is 48.4 Å². The lowest BCUT2D eigenvalue weighted by atomic mass is 10.1. The summed E-state index contributed by atoms with van der Waals surface area (Å²) >= 11 is 0. The van der Waals surface area contributed by atoms with Gasteiger partial charge >= 0.3 is 0 Å². The van der Waals surface area contributed by atoms with Gasteiger partial charge in [0, 0.05) is 19.0 Å². The van der Waals surface area contributed by atoms with Gasteiger partial charge in [-0.25, -0.2) is 22.9 Å². The molecule has 9 heteroatoms. The van der Waals surface area contributed by atoms with Gasteiger partial charge in [-0.3, -0.25) is 10.1 Å². The van der Waals surface area contributed by atoms with E-state index in [1.165, 1.54) is 24.3 Å². The van der Waals surface area contributed by atoms with Gasteiger partial charge in [-0.15, -0.1) is 0 Å². The maximum atomic E-state index is 13.1. The average Bonchev–Trinajstić information content (AvgIpc) is 3.01. The smallest absolute Gasteiger partial charge is 0.238 e. The normalized spacial score (nSPS) is 11.4. The fraction of sp³-hybridized carbons (Fsp3) is 0.158. The number of sulfonamides is 1. The van der Waals surface area contributed by atoms with Gasteiger partial charge in [0.1, 0.15) is 5.82 Å². The maximum Gasteiger partial charge on any atom is 0.238 e. The highest BCUT2D eigenvalue weighted by molar-refractivity contribution is 7.89. The summed E-state index contributed by atoms with van der Waals surface area (Å²) in [6, 6.07) is 12.1. The van der Waals surface area contributed by atoms with Crippen LogP contribution >= 0.6 is 0 Å². The number of primary sulfonamides is 1. The Kier molecular flexibility index (Phi) is 5.57. The van der Waals surface area contributed by atoms with Crippen molar-refractivity contribution >= 4 is 21.9 Å². The molecule has 1 heterocycles. The van der Waals surface area contributed by atoms with E-state index in [4.69, 9.17) is 5.14 Å². The highest BCUT2D eigenvalue weighted by Gasteiger charge is 2.12. The fourth-order valence-corrected chi connectivity index (χ4v) is 3.22. The number of amides is 1. The number of nitrogens with one attached hydrogen (secondary N) is 1. The van der Waals surface area contributed by atoms with E-state index in [9.17, 15) is 17.6 Å². The second-order valence-electron chi connectivity index (χ2n) is 6.27. The van der Waals surface area contributed by atoms with Crippen molar-refractivity contribution in [3.63, 3.8) is 0 Å². The molecule has 0 fully saturated rings. The molecular weight excluding hydrogens is 383 g/mol. The third-order valence-corrected chi connectivity index (χ3v) is 5.20. The zero-order valence-electron chi connectivity index (χ0n) is 15.1. The molecule has 0 aliphatic heterocycles. The lowest BCUT2D eigenvalue weighted by molar-refractivity contribution is -0.116. The molecule has 0 atom stereocenters. The van der Waals surface area contributed by atoms with Gasteiger partial charge in [0.15, 0.2) is 0 Å². The number of nitrogens with two attached hydrogens (primary N) is 1. The molecule has 7 nitrogen and oxygen atoms in total. The Hall–Kier alpha value is -3.04. The molecule has 0 bridgehead atoms. The van der Waals surface area contributed by atoms with Crippen LogP contribution in [0.4, 0.5) is 10.3 Å². The number of nitrogens with zero attached hydrogens (tertiary/aromatic N) is 2. The Morgan fingerprint density at radius 1 is 1.14 bits per heavy atom. The van der Waals surface area contributed by atoms with E-state index in [0.717, 1.165) is 16.8 Å². The fourth-order valence-electron chi connectivity index (χ4n) is 2.71.